The van der Waals surface area contributed by atoms with Crippen LogP contribution in [0.2, 0.25) is 0 Å². The van der Waals surface area contributed by atoms with Crippen LogP contribution in [-0.2, 0) is 16.4 Å². The van der Waals surface area contributed by atoms with Crippen molar-refractivity contribution in [3.8, 4) is 0 Å². The molecule has 1 aliphatic heterocycles. The van der Waals surface area contributed by atoms with Gasteiger partial charge in [0.2, 0.25) is 5.95 Å². The third-order valence-corrected chi connectivity index (χ3v) is 4.33. The minimum atomic E-state index is -0.581. The van der Waals surface area contributed by atoms with Gasteiger partial charge in [-0.2, -0.15) is 9.49 Å². The Morgan fingerprint density at radius 1 is 1.15 bits per heavy atom. The maximum absolute atomic E-state index is 14.2. The molecule has 0 aliphatic carbocycles. The van der Waals surface area contributed by atoms with Crippen molar-refractivity contribution in [1.29, 1.82) is 0 Å². The van der Waals surface area contributed by atoms with Gasteiger partial charge < -0.3 is 9.31 Å². The Bertz CT molecular complexity index is 665. The van der Waals surface area contributed by atoms with E-state index in [4.69, 9.17) is 9.31 Å². The smallest absolute Gasteiger partial charge is 0.399 e. The fourth-order valence-electron chi connectivity index (χ4n) is 2.40. The average Bonchev–Trinajstić information content (AvgIpc) is 2.74. The zero-order chi connectivity index (χ0) is 14.7. The molecule has 2 aromatic rings. The molecule has 0 bridgehead atoms. The van der Waals surface area contributed by atoms with Crippen molar-refractivity contribution in [2.45, 2.75) is 38.9 Å². The summed E-state index contributed by atoms with van der Waals surface area (Å²) in [7, 11) is 1.01. The van der Waals surface area contributed by atoms with E-state index in [-0.39, 0.29) is 5.95 Å². The van der Waals surface area contributed by atoms with Crippen molar-refractivity contribution in [1.82, 2.24) is 9.78 Å². The lowest BCUT2D eigenvalue weighted by atomic mass is 9.77. The average molecular weight is 276 g/mol. The number of nitrogens with zero attached hydrogens (tertiary/aromatic N) is 2. The van der Waals surface area contributed by atoms with E-state index in [0.717, 1.165) is 0 Å². The first kappa shape index (κ1) is 13.6. The molecule has 1 aromatic heterocycles. The second kappa shape index (κ2) is 4.05. The van der Waals surface area contributed by atoms with Crippen molar-refractivity contribution in [3.63, 3.8) is 0 Å². The van der Waals surface area contributed by atoms with Crippen molar-refractivity contribution >= 4 is 23.5 Å². The summed E-state index contributed by atoms with van der Waals surface area (Å²) in [6, 6.07) is 5.46. The molecule has 0 spiro atoms. The van der Waals surface area contributed by atoms with Crippen LogP contribution < -0.4 is 5.46 Å². The zero-order valence-electron chi connectivity index (χ0n) is 12.4. The fraction of sp³-hybridized carbons (Fsp3) is 0.500. The minimum absolute atomic E-state index is 0.370. The first-order valence-electron chi connectivity index (χ1n) is 6.70. The molecular formula is C14H18BFN2O2. The Labute approximate surface area is 118 Å². The van der Waals surface area contributed by atoms with E-state index in [9.17, 15) is 4.39 Å². The highest BCUT2D eigenvalue weighted by Crippen LogP contribution is 2.37. The van der Waals surface area contributed by atoms with Crippen molar-refractivity contribution in [2.24, 2.45) is 7.05 Å². The topological polar surface area (TPSA) is 36.3 Å². The summed E-state index contributed by atoms with van der Waals surface area (Å²) in [6.07, 6.45) is 0. The highest BCUT2D eigenvalue weighted by atomic mass is 19.1. The highest BCUT2D eigenvalue weighted by Gasteiger charge is 2.52. The number of benzene rings is 1. The van der Waals surface area contributed by atoms with Gasteiger partial charge in [-0.15, -0.1) is 0 Å². The molecule has 0 saturated carbocycles. The Morgan fingerprint density at radius 3 is 2.35 bits per heavy atom. The molecule has 0 unspecified atom stereocenters. The van der Waals surface area contributed by atoms with Gasteiger partial charge in [0.1, 0.15) is 0 Å². The third kappa shape index (κ3) is 1.78. The van der Waals surface area contributed by atoms with Gasteiger partial charge in [-0.05, 0) is 39.2 Å². The molecule has 106 valence electrons. The molecule has 0 radical (unpaired) electrons. The van der Waals surface area contributed by atoms with Crippen LogP contribution in [-0.4, -0.2) is 28.1 Å². The quantitative estimate of drug-likeness (QED) is 0.747. The van der Waals surface area contributed by atoms with Gasteiger partial charge in [-0.25, -0.2) is 4.68 Å². The predicted molar refractivity (Wildman–Crippen MR) is 76.4 cm³/mol. The largest absolute Gasteiger partial charge is 0.495 e. The third-order valence-electron chi connectivity index (χ3n) is 4.33. The molecule has 6 heteroatoms. The molecule has 1 aromatic carbocycles. The fourth-order valence-corrected chi connectivity index (χ4v) is 2.40. The second-order valence-electron chi connectivity index (χ2n) is 6.24. The summed E-state index contributed by atoms with van der Waals surface area (Å²) < 4.78 is 27.5. The van der Waals surface area contributed by atoms with Gasteiger partial charge in [0.15, 0.2) is 0 Å². The van der Waals surface area contributed by atoms with E-state index in [1.807, 2.05) is 39.8 Å². The molecule has 0 amide bonds. The maximum atomic E-state index is 14.2. The van der Waals surface area contributed by atoms with Gasteiger partial charge in [-0.1, -0.05) is 12.1 Å². The molecule has 2 heterocycles. The van der Waals surface area contributed by atoms with Gasteiger partial charge >= 0.3 is 7.12 Å². The molecule has 1 saturated heterocycles. The summed E-state index contributed by atoms with van der Waals surface area (Å²) in [5, 5.41) is 4.61. The number of aromatic nitrogens is 2. The van der Waals surface area contributed by atoms with Crippen LogP contribution in [0.15, 0.2) is 18.2 Å². The van der Waals surface area contributed by atoms with E-state index in [2.05, 4.69) is 5.10 Å². The molecule has 4 nitrogen and oxygen atoms in total. The van der Waals surface area contributed by atoms with Crippen LogP contribution in [0.5, 0.6) is 0 Å². The maximum Gasteiger partial charge on any atom is 0.495 e. The van der Waals surface area contributed by atoms with Crippen LogP contribution in [0.25, 0.3) is 10.9 Å². The number of fused-ring (bicyclic) bond motifs is 1. The molecular weight excluding hydrogens is 258 g/mol. The van der Waals surface area contributed by atoms with Crippen molar-refractivity contribution in [3.05, 3.63) is 24.1 Å². The molecule has 1 fully saturated rings. The first-order chi connectivity index (χ1) is 9.23. The van der Waals surface area contributed by atoms with Gasteiger partial charge in [0.25, 0.3) is 0 Å². The summed E-state index contributed by atoms with van der Waals surface area (Å²) in [4.78, 5) is 0. The number of aryl methyl sites for hydroxylation is 1. The van der Waals surface area contributed by atoms with Crippen molar-refractivity contribution < 1.29 is 13.7 Å². The number of rotatable bonds is 1. The lowest BCUT2D eigenvalue weighted by Gasteiger charge is -2.32. The Hall–Kier alpha value is -1.40. The molecule has 3 rings (SSSR count). The number of halogens is 1. The van der Waals surface area contributed by atoms with E-state index in [0.29, 0.717) is 16.4 Å². The Kier molecular flexibility index (Phi) is 2.75. The first-order valence-corrected chi connectivity index (χ1v) is 6.70. The zero-order valence-corrected chi connectivity index (χ0v) is 12.4. The van der Waals surface area contributed by atoms with Crippen LogP contribution >= 0.6 is 0 Å². The summed E-state index contributed by atoms with van der Waals surface area (Å²) in [6.45, 7) is 7.92. The van der Waals surface area contributed by atoms with E-state index in [1.165, 1.54) is 4.68 Å². The predicted octanol–water partition coefficient (Wildman–Crippen LogP) is 2.01. The standard InChI is InChI=1S/C14H18BFN2O2/c1-13(2)14(3,4)20-15(19-13)9-7-6-8-10-11(9)12(16)18(5)17-10/h6-8H,1-5H3. The van der Waals surface area contributed by atoms with Gasteiger partial charge in [0.05, 0.1) is 22.1 Å². The van der Waals surface area contributed by atoms with Gasteiger partial charge in [0, 0.05) is 7.05 Å². The second-order valence-corrected chi connectivity index (χ2v) is 6.24. The van der Waals surface area contributed by atoms with Crippen molar-refractivity contribution in [2.75, 3.05) is 0 Å². The van der Waals surface area contributed by atoms with Crippen LogP contribution in [0.4, 0.5) is 4.39 Å². The van der Waals surface area contributed by atoms with E-state index >= 15 is 0 Å². The van der Waals surface area contributed by atoms with E-state index in [1.54, 1.807) is 13.1 Å². The summed E-state index contributed by atoms with van der Waals surface area (Å²) in [5.74, 6) is -0.370. The van der Waals surface area contributed by atoms with Crippen LogP contribution in [0, 0.1) is 5.95 Å². The van der Waals surface area contributed by atoms with Crippen LogP contribution in [0.1, 0.15) is 27.7 Å². The summed E-state index contributed by atoms with van der Waals surface area (Å²) >= 11 is 0. The minimum Gasteiger partial charge on any atom is -0.399 e. The Morgan fingerprint density at radius 2 is 1.75 bits per heavy atom. The van der Waals surface area contributed by atoms with Crippen LogP contribution in [0.3, 0.4) is 0 Å². The molecule has 0 N–H and O–H groups in total. The molecule has 0 atom stereocenters. The molecule has 1 aliphatic rings. The SMILES string of the molecule is Cn1nc2cccc(B3OC(C)(C)C(C)(C)O3)c2c1F. The summed E-state index contributed by atoms with van der Waals surface area (Å²) in [5.41, 5.74) is 0.404. The van der Waals surface area contributed by atoms with Gasteiger partial charge in [-0.3, -0.25) is 0 Å². The Balaban J connectivity index is 2.13. The highest BCUT2D eigenvalue weighted by molar-refractivity contribution is 6.65. The number of hydrogen-bond donors (Lipinski definition) is 0. The lowest BCUT2D eigenvalue weighted by Crippen LogP contribution is -2.41. The lowest BCUT2D eigenvalue weighted by molar-refractivity contribution is 0.00578. The number of hydrogen-bond acceptors (Lipinski definition) is 3. The van der Waals surface area contributed by atoms with E-state index < -0.39 is 18.3 Å². The monoisotopic (exact) mass is 276 g/mol. The molecule has 20 heavy (non-hydrogen) atoms. The normalized spacial score (nSPS) is 20.8.